The molecule has 1 heterocycles. The van der Waals surface area contributed by atoms with Gasteiger partial charge in [0.25, 0.3) is 5.56 Å². The van der Waals surface area contributed by atoms with E-state index in [1.165, 1.54) is 6.92 Å². The van der Waals surface area contributed by atoms with Gasteiger partial charge < -0.3 is 4.74 Å². The highest BCUT2D eigenvalue weighted by Crippen LogP contribution is 2.13. The van der Waals surface area contributed by atoms with Gasteiger partial charge in [0.2, 0.25) is 0 Å². The Morgan fingerprint density at radius 3 is 2.63 bits per heavy atom. The van der Waals surface area contributed by atoms with Crippen molar-refractivity contribution in [1.82, 2.24) is 10.2 Å². The quantitative estimate of drug-likeness (QED) is 0.813. The van der Waals surface area contributed by atoms with Crippen molar-refractivity contribution in [2.75, 3.05) is 6.61 Å². The van der Waals surface area contributed by atoms with Gasteiger partial charge in [0, 0.05) is 5.39 Å². The van der Waals surface area contributed by atoms with Crippen molar-refractivity contribution < 1.29 is 14.3 Å². The van der Waals surface area contributed by atoms with Crippen molar-refractivity contribution in [2.24, 2.45) is 0 Å². The number of fused-ring (bicyclic) bond motifs is 1. The van der Waals surface area contributed by atoms with Crippen LogP contribution in [0.25, 0.3) is 10.8 Å². The number of hydrogen-bond donors (Lipinski definition) is 1. The van der Waals surface area contributed by atoms with Gasteiger partial charge in [-0.25, -0.2) is 5.10 Å². The number of carbonyl (C=O) groups excluding carboxylic acids is 2. The van der Waals surface area contributed by atoms with E-state index in [1.54, 1.807) is 24.3 Å². The zero-order chi connectivity index (χ0) is 13.8. The van der Waals surface area contributed by atoms with Crippen molar-refractivity contribution in [2.45, 2.75) is 13.3 Å². The lowest BCUT2D eigenvalue weighted by Crippen LogP contribution is -2.17. The predicted molar refractivity (Wildman–Crippen MR) is 67.7 cm³/mol. The highest BCUT2D eigenvalue weighted by molar-refractivity contribution is 5.87. The van der Waals surface area contributed by atoms with E-state index in [4.69, 9.17) is 4.74 Å². The summed E-state index contributed by atoms with van der Waals surface area (Å²) in [4.78, 5) is 33.8. The Hall–Kier alpha value is -2.50. The lowest BCUT2D eigenvalue weighted by atomic mass is 10.1. The third kappa shape index (κ3) is 3.04. The van der Waals surface area contributed by atoms with Gasteiger partial charge in [0.15, 0.2) is 5.78 Å². The van der Waals surface area contributed by atoms with Gasteiger partial charge in [0.05, 0.1) is 17.5 Å². The number of nitrogens with one attached hydrogen (secondary N) is 1. The number of hydrogen-bond acceptors (Lipinski definition) is 5. The number of rotatable bonds is 4. The standard InChI is InChI=1S/C13H12N2O4/c1-8(16)7-19-12(17)6-11-9-4-2-3-5-10(9)13(18)15-14-11/h2-5H,6-7H2,1H3,(H,15,18). The maximum absolute atomic E-state index is 11.6. The summed E-state index contributed by atoms with van der Waals surface area (Å²) in [7, 11) is 0. The van der Waals surface area contributed by atoms with E-state index in [0.717, 1.165) is 0 Å². The molecule has 1 aromatic heterocycles. The highest BCUT2D eigenvalue weighted by atomic mass is 16.5. The topological polar surface area (TPSA) is 89.1 Å². The average molecular weight is 260 g/mol. The first-order valence-electron chi connectivity index (χ1n) is 5.69. The summed E-state index contributed by atoms with van der Waals surface area (Å²) in [5, 5.41) is 7.25. The second kappa shape index (κ2) is 5.43. The molecule has 0 bridgehead atoms. The molecule has 0 unspecified atom stereocenters. The van der Waals surface area contributed by atoms with Crippen LogP contribution in [-0.4, -0.2) is 28.6 Å². The molecule has 2 aromatic rings. The van der Waals surface area contributed by atoms with Gasteiger partial charge in [-0.05, 0) is 13.0 Å². The normalized spacial score (nSPS) is 10.4. The second-order valence-corrected chi connectivity index (χ2v) is 4.08. The molecule has 0 atom stereocenters. The first-order chi connectivity index (χ1) is 9.08. The maximum atomic E-state index is 11.6. The molecule has 0 aliphatic rings. The van der Waals surface area contributed by atoms with E-state index in [2.05, 4.69) is 10.2 Å². The summed E-state index contributed by atoms with van der Waals surface area (Å²) in [6.07, 6.45) is -0.0927. The van der Waals surface area contributed by atoms with Crippen LogP contribution >= 0.6 is 0 Å². The summed E-state index contributed by atoms with van der Waals surface area (Å²) < 4.78 is 4.77. The molecular formula is C13H12N2O4. The highest BCUT2D eigenvalue weighted by Gasteiger charge is 2.12. The lowest BCUT2D eigenvalue weighted by Gasteiger charge is -2.04. The van der Waals surface area contributed by atoms with E-state index < -0.39 is 5.97 Å². The molecule has 2 rings (SSSR count). The molecule has 6 heteroatoms. The Balaban J connectivity index is 2.26. The summed E-state index contributed by atoms with van der Waals surface area (Å²) in [5.41, 5.74) is 0.111. The Morgan fingerprint density at radius 1 is 1.26 bits per heavy atom. The number of aromatic amines is 1. The first-order valence-corrected chi connectivity index (χ1v) is 5.69. The molecule has 1 N–H and O–H groups in total. The zero-order valence-electron chi connectivity index (χ0n) is 10.3. The van der Waals surface area contributed by atoms with Crippen LogP contribution in [0.3, 0.4) is 0 Å². The molecule has 0 radical (unpaired) electrons. The number of carbonyl (C=O) groups is 2. The first kappa shape index (κ1) is 12.9. The Labute approximate surface area is 108 Å². The molecule has 0 aliphatic heterocycles. The van der Waals surface area contributed by atoms with Gasteiger partial charge in [-0.15, -0.1) is 0 Å². The van der Waals surface area contributed by atoms with E-state index in [-0.39, 0.29) is 24.4 Å². The smallest absolute Gasteiger partial charge is 0.312 e. The van der Waals surface area contributed by atoms with Gasteiger partial charge >= 0.3 is 5.97 Å². The Morgan fingerprint density at radius 2 is 1.95 bits per heavy atom. The summed E-state index contributed by atoms with van der Waals surface area (Å²) in [6, 6.07) is 6.86. The van der Waals surface area contributed by atoms with Crippen LogP contribution in [0.15, 0.2) is 29.1 Å². The molecule has 0 fully saturated rings. The monoisotopic (exact) mass is 260 g/mol. The fourth-order valence-corrected chi connectivity index (χ4v) is 1.68. The van der Waals surface area contributed by atoms with Crippen LogP contribution in [0, 0.1) is 0 Å². The van der Waals surface area contributed by atoms with Gasteiger partial charge in [-0.2, -0.15) is 5.10 Å². The van der Waals surface area contributed by atoms with Crippen LogP contribution < -0.4 is 5.56 Å². The number of nitrogens with zero attached hydrogens (tertiary/aromatic N) is 1. The maximum Gasteiger partial charge on any atom is 0.312 e. The number of ketones is 1. The summed E-state index contributed by atoms with van der Waals surface area (Å²) in [6.45, 7) is 1.08. The number of H-pyrrole nitrogens is 1. The van der Waals surface area contributed by atoms with E-state index in [1.807, 2.05) is 0 Å². The van der Waals surface area contributed by atoms with Crippen LogP contribution in [0.2, 0.25) is 0 Å². The number of ether oxygens (including phenoxy) is 1. The fourth-order valence-electron chi connectivity index (χ4n) is 1.68. The van der Waals surface area contributed by atoms with Crippen LogP contribution in [0.4, 0.5) is 0 Å². The summed E-state index contributed by atoms with van der Waals surface area (Å²) in [5.74, 6) is -0.785. The zero-order valence-corrected chi connectivity index (χ0v) is 10.3. The SMILES string of the molecule is CC(=O)COC(=O)Cc1n[nH]c(=O)c2ccccc12. The van der Waals surface area contributed by atoms with Gasteiger partial charge in [-0.1, -0.05) is 18.2 Å². The molecule has 0 amide bonds. The minimum absolute atomic E-state index is 0.0927. The number of Topliss-reactive ketones (excluding diaryl/α,β-unsaturated/α-hetero) is 1. The van der Waals surface area contributed by atoms with Crippen molar-refractivity contribution in [3.8, 4) is 0 Å². The predicted octanol–water partition coefficient (Wildman–Crippen LogP) is 0.598. The Kier molecular flexibility index (Phi) is 3.70. The minimum atomic E-state index is -0.556. The molecule has 0 aliphatic carbocycles. The van der Waals surface area contributed by atoms with E-state index >= 15 is 0 Å². The molecule has 98 valence electrons. The van der Waals surface area contributed by atoms with Crippen LogP contribution in [0.1, 0.15) is 12.6 Å². The third-order valence-electron chi connectivity index (χ3n) is 2.52. The van der Waals surface area contributed by atoms with E-state index in [0.29, 0.717) is 16.5 Å². The van der Waals surface area contributed by atoms with Crippen molar-refractivity contribution in [3.63, 3.8) is 0 Å². The largest absolute Gasteiger partial charge is 0.457 e. The minimum Gasteiger partial charge on any atom is -0.457 e. The molecule has 0 saturated heterocycles. The average Bonchev–Trinajstić information content (AvgIpc) is 2.40. The van der Waals surface area contributed by atoms with Crippen molar-refractivity contribution in [3.05, 3.63) is 40.3 Å². The lowest BCUT2D eigenvalue weighted by molar-refractivity contribution is -0.146. The molecule has 19 heavy (non-hydrogen) atoms. The van der Waals surface area contributed by atoms with Gasteiger partial charge in [0.1, 0.15) is 6.61 Å². The number of aromatic nitrogens is 2. The van der Waals surface area contributed by atoms with Crippen molar-refractivity contribution in [1.29, 1.82) is 0 Å². The van der Waals surface area contributed by atoms with Gasteiger partial charge in [-0.3, -0.25) is 14.4 Å². The van der Waals surface area contributed by atoms with E-state index in [9.17, 15) is 14.4 Å². The Bertz CT molecular complexity index is 690. The molecular weight excluding hydrogens is 248 g/mol. The number of benzene rings is 1. The van der Waals surface area contributed by atoms with Crippen LogP contribution in [0.5, 0.6) is 0 Å². The molecule has 6 nitrogen and oxygen atoms in total. The van der Waals surface area contributed by atoms with Crippen molar-refractivity contribution >= 4 is 22.5 Å². The number of esters is 1. The summed E-state index contributed by atoms with van der Waals surface area (Å²) >= 11 is 0. The third-order valence-corrected chi connectivity index (χ3v) is 2.52. The second-order valence-electron chi connectivity index (χ2n) is 4.08. The fraction of sp³-hybridized carbons (Fsp3) is 0.231. The van der Waals surface area contributed by atoms with Crippen LogP contribution in [-0.2, 0) is 20.7 Å². The molecule has 0 saturated carbocycles. The molecule has 0 spiro atoms. The molecule has 1 aromatic carbocycles.